The van der Waals surface area contributed by atoms with Crippen molar-refractivity contribution in [3.05, 3.63) is 113 Å². The van der Waals surface area contributed by atoms with E-state index < -0.39 is 12.1 Å². The average Bonchev–Trinajstić information content (AvgIpc) is 3.37. The number of alkyl carbamates (subject to hydrolysis) is 1. The molecule has 1 atom stereocenters. The van der Waals surface area contributed by atoms with Crippen LogP contribution in [0.4, 0.5) is 4.79 Å². The molecule has 228 valence electrons. The summed E-state index contributed by atoms with van der Waals surface area (Å²) in [6.45, 7) is 4.77. The number of nitrogens with one attached hydrogen (secondary N) is 2. The second-order valence-electron chi connectivity index (χ2n) is 11.1. The molecule has 8 nitrogen and oxygen atoms in total. The Labute approximate surface area is 258 Å². The first-order valence-electron chi connectivity index (χ1n) is 14.7. The van der Waals surface area contributed by atoms with Gasteiger partial charge >= 0.3 is 6.09 Å². The lowest BCUT2D eigenvalue weighted by atomic mass is 9.97. The molecule has 1 unspecified atom stereocenters. The molecule has 1 aliphatic carbocycles. The molecule has 2 amide bonds. The molecule has 0 saturated heterocycles. The number of rotatable bonds is 12. The van der Waals surface area contributed by atoms with E-state index in [2.05, 4.69) is 34.9 Å². The quantitative estimate of drug-likeness (QED) is 0.195. The van der Waals surface area contributed by atoms with Crippen LogP contribution in [-0.4, -0.2) is 46.0 Å². The van der Waals surface area contributed by atoms with E-state index in [1.54, 1.807) is 32.4 Å². The standard InChI is InChI=1S/C36H38N2O6/c1-23(2)20-37-34(39)22-43-25-15-13-24(14-16-25)35(31-18-17-26(41-3)19-33(31)42-4)38-36(40)44-21-32-29-11-7-5-9-27(29)28-10-6-8-12-30(28)32/h5-19,23,32,35H,20-22H2,1-4H3,(H,37,39)(H,38,40). The summed E-state index contributed by atoms with van der Waals surface area (Å²) in [6.07, 6.45) is -0.558. The van der Waals surface area contributed by atoms with Gasteiger partial charge in [0.25, 0.3) is 5.91 Å². The zero-order valence-corrected chi connectivity index (χ0v) is 25.5. The van der Waals surface area contributed by atoms with Crippen LogP contribution in [0.1, 0.15) is 48.1 Å². The number of methoxy groups -OCH3 is 2. The van der Waals surface area contributed by atoms with Gasteiger partial charge in [-0.05, 0) is 58.0 Å². The Morgan fingerprint density at radius 2 is 1.43 bits per heavy atom. The molecule has 8 heteroatoms. The Kier molecular flexibility index (Phi) is 9.69. The largest absolute Gasteiger partial charge is 0.497 e. The number of amides is 2. The van der Waals surface area contributed by atoms with Gasteiger partial charge in [0, 0.05) is 24.1 Å². The Balaban J connectivity index is 1.33. The number of fused-ring (bicyclic) bond motifs is 3. The number of benzene rings is 4. The summed E-state index contributed by atoms with van der Waals surface area (Å²) in [7, 11) is 3.16. The third kappa shape index (κ3) is 6.97. The van der Waals surface area contributed by atoms with Crippen molar-refractivity contribution in [1.29, 1.82) is 0 Å². The number of hydrogen-bond acceptors (Lipinski definition) is 6. The molecular weight excluding hydrogens is 556 g/mol. The van der Waals surface area contributed by atoms with E-state index in [0.29, 0.717) is 29.7 Å². The van der Waals surface area contributed by atoms with Crippen LogP contribution >= 0.6 is 0 Å². The zero-order valence-electron chi connectivity index (χ0n) is 25.5. The van der Waals surface area contributed by atoms with Gasteiger partial charge in [-0.2, -0.15) is 0 Å². The van der Waals surface area contributed by atoms with E-state index in [1.807, 2.05) is 62.4 Å². The first-order chi connectivity index (χ1) is 21.4. The molecule has 1 aliphatic rings. The third-order valence-electron chi connectivity index (χ3n) is 7.65. The van der Waals surface area contributed by atoms with Gasteiger partial charge in [-0.1, -0.05) is 74.5 Å². The smallest absolute Gasteiger partial charge is 0.407 e. The van der Waals surface area contributed by atoms with Crippen molar-refractivity contribution in [3.8, 4) is 28.4 Å². The molecule has 0 bridgehead atoms. The second-order valence-corrected chi connectivity index (χ2v) is 11.1. The van der Waals surface area contributed by atoms with Crippen molar-refractivity contribution in [2.75, 3.05) is 34.0 Å². The Bertz CT molecular complexity index is 1560. The molecular formula is C36H38N2O6. The van der Waals surface area contributed by atoms with E-state index in [1.165, 1.54) is 0 Å². The van der Waals surface area contributed by atoms with Crippen LogP contribution in [0.3, 0.4) is 0 Å². The van der Waals surface area contributed by atoms with Gasteiger partial charge in [-0.3, -0.25) is 4.79 Å². The average molecular weight is 595 g/mol. The Hall–Kier alpha value is -4.98. The Morgan fingerprint density at radius 3 is 2.05 bits per heavy atom. The maximum absolute atomic E-state index is 13.4. The van der Waals surface area contributed by atoms with Gasteiger partial charge in [0.2, 0.25) is 0 Å². The fraction of sp³-hybridized carbons (Fsp3) is 0.278. The third-order valence-corrected chi connectivity index (χ3v) is 7.65. The van der Waals surface area contributed by atoms with Crippen LogP contribution in [0.25, 0.3) is 11.1 Å². The lowest BCUT2D eigenvalue weighted by Gasteiger charge is -2.23. The van der Waals surface area contributed by atoms with Gasteiger partial charge in [0.15, 0.2) is 6.61 Å². The summed E-state index contributed by atoms with van der Waals surface area (Å²) in [4.78, 5) is 25.5. The number of carbonyl (C=O) groups excluding carboxylic acids is 2. The minimum Gasteiger partial charge on any atom is -0.497 e. The molecule has 0 heterocycles. The van der Waals surface area contributed by atoms with E-state index >= 15 is 0 Å². The molecule has 0 spiro atoms. The minimum absolute atomic E-state index is 0.0590. The predicted molar refractivity (Wildman–Crippen MR) is 169 cm³/mol. The Morgan fingerprint density at radius 1 is 0.795 bits per heavy atom. The molecule has 0 aromatic heterocycles. The second kappa shape index (κ2) is 14.0. The van der Waals surface area contributed by atoms with Crippen molar-refractivity contribution in [1.82, 2.24) is 10.6 Å². The molecule has 0 fully saturated rings. The first-order valence-corrected chi connectivity index (χ1v) is 14.7. The normalized spacial score (nSPS) is 12.6. The van der Waals surface area contributed by atoms with Crippen LogP contribution in [0.2, 0.25) is 0 Å². The van der Waals surface area contributed by atoms with Crippen LogP contribution in [0, 0.1) is 5.92 Å². The highest BCUT2D eigenvalue weighted by molar-refractivity contribution is 5.79. The summed E-state index contributed by atoms with van der Waals surface area (Å²) in [6, 6.07) is 28.5. The molecule has 44 heavy (non-hydrogen) atoms. The molecule has 0 radical (unpaired) electrons. The van der Waals surface area contributed by atoms with Crippen molar-refractivity contribution >= 4 is 12.0 Å². The zero-order chi connectivity index (χ0) is 31.1. The number of carbonyl (C=O) groups is 2. The van der Waals surface area contributed by atoms with E-state index in [9.17, 15) is 9.59 Å². The van der Waals surface area contributed by atoms with Gasteiger partial charge < -0.3 is 29.6 Å². The topological polar surface area (TPSA) is 95.1 Å². The summed E-state index contributed by atoms with van der Waals surface area (Å²) >= 11 is 0. The van der Waals surface area contributed by atoms with Crippen molar-refractivity contribution in [2.45, 2.75) is 25.8 Å². The van der Waals surface area contributed by atoms with Crippen molar-refractivity contribution < 1.29 is 28.5 Å². The highest BCUT2D eigenvalue weighted by Crippen LogP contribution is 2.44. The monoisotopic (exact) mass is 594 g/mol. The molecule has 0 saturated carbocycles. The van der Waals surface area contributed by atoms with E-state index in [-0.39, 0.29) is 25.0 Å². The van der Waals surface area contributed by atoms with Gasteiger partial charge in [-0.25, -0.2) is 4.79 Å². The summed E-state index contributed by atoms with van der Waals surface area (Å²) in [5.74, 6) is 1.83. The summed E-state index contributed by atoms with van der Waals surface area (Å²) in [5, 5.41) is 5.88. The van der Waals surface area contributed by atoms with Crippen LogP contribution < -0.4 is 24.8 Å². The highest BCUT2D eigenvalue weighted by Gasteiger charge is 2.30. The number of hydrogen-bond donors (Lipinski definition) is 2. The van der Waals surface area contributed by atoms with Crippen LogP contribution in [-0.2, 0) is 9.53 Å². The van der Waals surface area contributed by atoms with E-state index in [4.69, 9.17) is 18.9 Å². The maximum atomic E-state index is 13.4. The SMILES string of the molecule is COc1ccc(C(NC(=O)OCC2c3ccccc3-c3ccccc32)c2ccc(OCC(=O)NCC(C)C)cc2)c(OC)c1. The van der Waals surface area contributed by atoms with Gasteiger partial charge in [-0.15, -0.1) is 0 Å². The summed E-state index contributed by atoms with van der Waals surface area (Å²) < 4.78 is 22.6. The molecule has 2 N–H and O–H groups in total. The van der Waals surface area contributed by atoms with Crippen LogP contribution in [0.5, 0.6) is 17.2 Å². The van der Waals surface area contributed by atoms with E-state index in [0.717, 1.165) is 33.4 Å². The lowest BCUT2D eigenvalue weighted by molar-refractivity contribution is -0.123. The molecule has 4 aromatic rings. The van der Waals surface area contributed by atoms with Gasteiger partial charge in [0.1, 0.15) is 23.9 Å². The highest BCUT2D eigenvalue weighted by atomic mass is 16.5. The minimum atomic E-state index is -0.602. The summed E-state index contributed by atoms with van der Waals surface area (Å²) in [5.41, 5.74) is 6.11. The maximum Gasteiger partial charge on any atom is 0.407 e. The fourth-order valence-electron chi connectivity index (χ4n) is 5.43. The molecule has 4 aromatic carbocycles. The number of ether oxygens (including phenoxy) is 4. The fourth-order valence-corrected chi connectivity index (χ4v) is 5.43. The van der Waals surface area contributed by atoms with Gasteiger partial charge in [0.05, 0.1) is 20.3 Å². The molecule has 0 aliphatic heterocycles. The van der Waals surface area contributed by atoms with Crippen molar-refractivity contribution in [3.63, 3.8) is 0 Å². The predicted octanol–water partition coefficient (Wildman–Crippen LogP) is 6.48. The lowest BCUT2D eigenvalue weighted by Crippen LogP contribution is -2.32. The first kappa shape index (κ1) is 30.5. The van der Waals surface area contributed by atoms with Crippen LogP contribution in [0.15, 0.2) is 91.0 Å². The van der Waals surface area contributed by atoms with Crippen molar-refractivity contribution in [2.24, 2.45) is 5.92 Å². The molecule has 5 rings (SSSR count).